The summed E-state index contributed by atoms with van der Waals surface area (Å²) in [5.74, 6) is 0.603. The number of ether oxygens (including phenoxy) is 2. The lowest BCUT2D eigenvalue weighted by Crippen LogP contribution is -2.42. The van der Waals surface area contributed by atoms with Gasteiger partial charge in [0.15, 0.2) is 0 Å². The molecule has 1 aliphatic rings. The van der Waals surface area contributed by atoms with Gasteiger partial charge in [0.2, 0.25) is 0 Å². The normalized spacial score (nSPS) is 17.0. The van der Waals surface area contributed by atoms with Crippen molar-refractivity contribution in [2.24, 2.45) is 0 Å². The zero-order valence-corrected chi connectivity index (χ0v) is 17.7. The number of carbonyl (C=O) groups excluding carboxylic acids is 1. The van der Waals surface area contributed by atoms with E-state index in [4.69, 9.17) is 21.1 Å². The Kier molecular flexibility index (Phi) is 6.75. The van der Waals surface area contributed by atoms with Crippen molar-refractivity contribution in [1.29, 1.82) is 0 Å². The molecule has 1 saturated heterocycles. The van der Waals surface area contributed by atoms with Crippen molar-refractivity contribution in [3.63, 3.8) is 0 Å². The Morgan fingerprint density at radius 3 is 2.86 bits per heavy atom. The second kappa shape index (κ2) is 9.27. The number of amides is 1. The summed E-state index contributed by atoms with van der Waals surface area (Å²) in [5, 5.41) is 0.390. The van der Waals surface area contributed by atoms with Crippen LogP contribution in [0.2, 0.25) is 5.15 Å². The zero-order chi connectivity index (χ0) is 20.9. The number of nitrogens with zero attached hydrogens (tertiary/aromatic N) is 3. The molecule has 0 aliphatic carbocycles. The minimum absolute atomic E-state index is 0.0203. The summed E-state index contributed by atoms with van der Waals surface area (Å²) in [7, 11) is 0. The van der Waals surface area contributed by atoms with Gasteiger partial charge in [-0.2, -0.15) is 0 Å². The second-order valence-electron chi connectivity index (χ2n) is 7.92. The molecule has 29 heavy (non-hydrogen) atoms. The van der Waals surface area contributed by atoms with E-state index in [1.165, 1.54) is 0 Å². The van der Waals surface area contributed by atoms with Gasteiger partial charge in [-0.25, -0.2) is 9.78 Å². The maximum Gasteiger partial charge on any atom is 0.410 e. The number of hydrogen-bond donors (Lipinski definition) is 0. The first-order valence-electron chi connectivity index (χ1n) is 9.69. The van der Waals surface area contributed by atoms with Gasteiger partial charge < -0.3 is 14.4 Å². The predicted molar refractivity (Wildman–Crippen MR) is 114 cm³/mol. The van der Waals surface area contributed by atoms with Crippen LogP contribution in [0.5, 0.6) is 5.75 Å². The number of hydrogen-bond acceptors (Lipinski definition) is 5. The largest absolute Gasteiger partial charge is 0.490 e. The first-order valence-corrected chi connectivity index (χ1v) is 10.1. The summed E-state index contributed by atoms with van der Waals surface area (Å²) < 4.78 is 11.4. The van der Waals surface area contributed by atoms with Crippen LogP contribution in [-0.4, -0.2) is 45.8 Å². The van der Waals surface area contributed by atoms with Crippen LogP contribution >= 0.6 is 11.6 Å². The Balaban J connectivity index is 1.63. The molecule has 0 radical (unpaired) electrons. The summed E-state index contributed by atoms with van der Waals surface area (Å²) in [5.41, 5.74) is 1.05. The van der Waals surface area contributed by atoms with Crippen LogP contribution in [0.15, 0.2) is 36.7 Å². The van der Waals surface area contributed by atoms with E-state index >= 15 is 0 Å². The molecule has 0 bridgehead atoms. The van der Waals surface area contributed by atoms with Crippen LogP contribution in [0.1, 0.15) is 44.9 Å². The molecule has 0 spiro atoms. The van der Waals surface area contributed by atoms with Crippen LogP contribution in [0.3, 0.4) is 0 Å². The molecule has 0 N–H and O–H groups in total. The Morgan fingerprint density at radius 1 is 1.31 bits per heavy atom. The standard InChI is InChI=1S/C22H26ClN3O3/c1-22(2,3)29-21(27)26-12-6-8-18(26)15-28-19-13-16(20(23)25-14-19)9-10-17-7-4-5-11-24-17/h4-5,7,9-11,13-14,18H,6,8,12,15H2,1-3H3/b10-9+. The summed E-state index contributed by atoms with van der Waals surface area (Å²) in [6.45, 7) is 6.66. The van der Waals surface area contributed by atoms with Gasteiger partial charge in [-0.3, -0.25) is 4.98 Å². The van der Waals surface area contributed by atoms with E-state index < -0.39 is 5.60 Å². The van der Waals surface area contributed by atoms with Crippen molar-refractivity contribution in [2.75, 3.05) is 13.2 Å². The third-order valence-corrected chi connectivity index (χ3v) is 4.73. The van der Waals surface area contributed by atoms with E-state index in [1.54, 1.807) is 17.3 Å². The first kappa shape index (κ1) is 21.1. The summed E-state index contributed by atoms with van der Waals surface area (Å²) >= 11 is 6.21. The summed E-state index contributed by atoms with van der Waals surface area (Å²) in [4.78, 5) is 22.6. The molecule has 1 amide bonds. The fourth-order valence-electron chi connectivity index (χ4n) is 3.05. The van der Waals surface area contributed by atoms with Crippen molar-refractivity contribution in [1.82, 2.24) is 14.9 Å². The zero-order valence-electron chi connectivity index (χ0n) is 17.0. The quantitative estimate of drug-likeness (QED) is 0.637. The van der Waals surface area contributed by atoms with Crippen LogP contribution in [0, 0.1) is 0 Å². The van der Waals surface area contributed by atoms with E-state index in [0.29, 0.717) is 24.1 Å². The monoisotopic (exact) mass is 415 g/mol. The SMILES string of the molecule is CC(C)(C)OC(=O)N1CCCC1COc1cnc(Cl)c(/C=C/c2ccccn2)c1. The molecular weight excluding hydrogens is 390 g/mol. The summed E-state index contributed by atoms with van der Waals surface area (Å²) in [6.07, 6.45) is 8.57. The molecule has 1 fully saturated rings. The Labute approximate surface area is 176 Å². The Bertz CT molecular complexity index is 865. The maximum absolute atomic E-state index is 12.4. The van der Waals surface area contributed by atoms with Crippen LogP contribution in [0.4, 0.5) is 4.79 Å². The fraction of sp³-hybridized carbons (Fsp3) is 0.409. The van der Waals surface area contributed by atoms with Crippen LogP contribution in [-0.2, 0) is 4.74 Å². The highest BCUT2D eigenvalue weighted by atomic mass is 35.5. The van der Waals surface area contributed by atoms with Crippen molar-refractivity contribution in [3.8, 4) is 5.75 Å². The molecule has 2 aromatic rings. The molecule has 1 atom stereocenters. The maximum atomic E-state index is 12.4. The number of likely N-dealkylation sites (tertiary alicyclic amines) is 1. The van der Waals surface area contributed by atoms with E-state index in [-0.39, 0.29) is 12.1 Å². The minimum Gasteiger partial charge on any atom is -0.490 e. The molecule has 7 heteroatoms. The minimum atomic E-state index is -0.514. The fourth-order valence-corrected chi connectivity index (χ4v) is 3.22. The Hall–Kier alpha value is -2.60. The second-order valence-corrected chi connectivity index (χ2v) is 8.28. The predicted octanol–water partition coefficient (Wildman–Crippen LogP) is 5.08. The summed E-state index contributed by atoms with van der Waals surface area (Å²) in [6, 6.07) is 7.51. The molecule has 3 heterocycles. The molecule has 0 aromatic carbocycles. The highest BCUT2D eigenvalue weighted by Gasteiger charge is 2.32. The average Bonchev–Trinajstić information content (AvgIpc) is 3.15. The van der Waals surface area contributed by atoms with Gasteiger partial charge in [0.05, 0.1) is 17.9 Å². The molecule has 6 nitrogen and oxygen atoms in total. The van der Waals surface area contributed by atoms with Crippen molar-refractivity contribution < 1.29 is 14.3 Å². The van der Waals surface area contributed by atoms with E-state index in [0.717, 1.165) is 24.1 Å². The highest BCUT2D eigenvalue weighted by Crippen LogP contribution is 2.24. The number of halogens is 1. The van der Waals surface area contributed by atoms with E-state index in [2.05, 4.69) is 9.97 Å². The smallest absolute Gasteiger partial charge is 0.410 e. The molecule has 1 unspecified atom stereocenters. The third-order valence-electron chi connectivity index (χ3n) is 4.41. The molecule has 2 aromatic heterocycles. The lowest BCUT2D eigenvalue weighted by Gasteiger charge is -2.28. The lowest BCUT2D eigenvalue weighted by atomic mass is 10.2. The van der Waals surface area contributed by atoms with Gasteiger partial charge in [-0.1, -0.05) is 17.7 Å². The third kappa shape index (κ3) is 6.19. The average molecular weight is 416 g/mol. The van der Waals surface area contributed by atoms with Crippen molar-refractivity contribution in [3.05, 3.63) is 53.1 Å². The number of pyridine rings is 2. The Morgan fingerprint density at radius 2 is 2.14 bits per heavy atom. The first-order chi connectivity index (χ1) is 13.8. The molecular formula is C22H26ClN3O3. The molecule has 1 aliphatic heterocycles. The van der Waals surface area contributed by atoms with Crippen molar-refractivity contribution >= 4 is 29.8 Å². The van der Waals surface area contributed by atoms with Gasteiger partial charge in [-0.05, 0) is 64.0 Å². The van der Waals surface area contributed by atoms with Gasteiger partial charge >= 0.3 is 6.09 Å². The van der Waals surface area contributed by atoms with Crippen LogP contribution < -0.4 is 4.74 Å². The van der Waals surface area contributed by atoms with Gasteiger partial charge in [0.1, 0.15) is 23.1 Å². The lowest BCUT2D eigenvalue weighted by molar-refractivity contribution is 0.0187. The van der Waals surface area contributed by atoms with E-state index in [9.17, 15) is 4.79 Å². The molecule has 0 saturated carbocycles. The number of carbonyl (C=O) groups is 1. The van der Waals surface area contributed by atoms with E-state index in [1.807, 2.05) is 57.2 Å². The number of rotatable bonds is 5. The highest BCUT2D eigenvalue weighted by molar-refractivity contribution is 6.31. The topological polar surface area (TPSA) is 64.5 Å². The number of aromatic nitrogens is 2. The molecule has 154 valence electrons. The van der Waals surface area contributed by atoms with Crippen molar-refractivity contribution in [2.45, 2.75) is 45.3 Å². The molecule has 3 rings (SSSR count). The van der Waals surface area contributed by atoms with Crippen LogP contribution in [0.25, 0.3) is 12.2 Å². The van der Waals surface area contributed by atoms with Gasteiger partial charge in [0.25, 0.3) is 0 Å². The van der Waals surface area contributed by atoms with Gasteiger partial charge in [0, 0.05) is 18.3 Å². The van der Waals surface area contributed by atoms with Gasteiger partial charge in [-0.15, -0.1) is 0 Å².